The summed E-state index contributed by atoms with van der Waals surface area (Å²) in [5, 5.41) is 26.6. The normalized spacial score (nSPS) is 18.9. The van der Waals surface area contributed by atoms with Gasteiger partial charge in [-0.25, -0.2) is 19.6 Å². The molecule has 218 valence electrons. The van der Waals surface area contributed by atoms with Crippen molar-refractivity contribution < 1.29 is 24.2 Å². The van der Waals surface area contributed by atoms with E-state index in [1.807, 2.05) is 13.8 Å². The average Bonchev–Trinajstić information content (AvgIpc) is 3.10. The van der Waals surface area contributed by atoms with Crippen molar-refractivity contribution in [2.45, 2.75) is 78.1 Å². The van der Waals surface area contributed by atoms with Crippen LogP contribution in [0.5, 0.6) is 11.8 Å². The summed E-state index contributed by atoms with van der Waals surface area (Å²) in [6, 6.07) is 2.13. The number of nitrogens with zero attached hydrogens (tertiary/aromatic N) is 6. The number of hydrogen-bond acceptors (Lipinski definition) is 10. The van der Waals surface area contributed by atoms with E-state index in [4.69, 9.17) is 19.7 Å². The van der Waals surface area contributed by atoms with Crippen molar-refractivity contribution in [3.05, 3.63) is 28.7 Å². The first-order chi connectivity index (χ1) is 19.1. The quantitative estimate of drug-likeness (QED) is 0.376. The van der Waals surface area contributed by atoms with Crippen molar-refractivity contribution in [2.75, 3.05) is 7.11 Å². The number of pyridine rings is 1. The van der Waals surface area contributed by atoms with Gasteiger partial charge in [0.05, 0.1) is 36.5 Å². The molecule has 3 unspecified atom stereocenters. The lowest BCUT2D eigenvalue weighted by Gasteiger charge is -2.43. The van der Waals surface area contributed by atoms with Crippen LogP contribution in [0.15, 0.2) is 11.2 Å². The number of carbonyl (C=O) groups excluding carboxylic acids is 1. The van der Waals surface area contributed by atoms with E-state index in [9.17, 15) is 14.9 Å². The van der Waals surface area contributed by atoms with Crippen LogP contribution in [0.25, 0.3) is 11.0 Å². The second-order valence-corrected chi connectivity index (χ2v) is 13.5. The number of amides is 2. The molecule has 1 aliphatic rings. The van der Waals surface area contributed by atoms with E-state index in [-0.39, 0.29) is 35.2 Å². The van der Waals surface area contributed by atoms with Crippen LogP contribution in [-0.4, -0.2) is 54.4 Å². The predicted octanol–water partition coefficient (Wildman–Crippen LogP) is 5.45. The van der Waals surface area contributed by atoms with E-state index in [0.717, 1.165) is 22.6 Å². The standard InChI is InChI=1S/C28H35N7O5S/c1-13-11-30-15(14(2)21(13)39-9)12-35-22-17-20(34-35)19(28(6,7)8)18(27(3,4)5)16(10-29)41-23(17)32-24(31-22)40-26(38)33-25(36)37/h11,16,18-19H,12H2,1-9H3,(H,33,38)(H,36,37). The lowest BCUT2D eigenvalue weighted by atomic mass is 9.61. The number of thioether (sulfide) groups is 1. The molecule has 0 saturated heterocycles. The monoisotopic (exact) mass is 581 g/mol. The van der Waals surface area contributed by atoms with Gasteiger partial charge in [-0.3, -0.25) is 4.98 Å². The largest absolute Gasteiger partial charge is 0.496 e. The molecule has 0 spiro atoms. The van der Waals surface area contributed by atoms with Gasteiger partial charge < -0.3 is 14.6 Å². The molecule has 2 N–H and O–H groups in total. The molecule has 2 amide bonds. The lowest BCUT2D eigenvalue weighted by Crippen LogP contribution is -2.40. The molecule has 0 saturated carbocycles. The van der Waals surface area contributed by atoms with Gasteiger partial charge in [-0.05, 0) is 30.6 Å². The Kier molecular flexibility index (Phi) is 7.92. The van der Waals surface area contributed by atoms with Crippen molar-refractivity contribution in [1.29, 1.82) is 5.26 Å². The number of ether oxygens (including phenoxy) is 2. The lowest BCUT2D eigenvalue weighted by molar-refractivity contribution is 0.132. The third-order valence-electron chi connectivity index (χ3n) is 7.29. The highest BCUT2D eigenvalue weighted by Gasteiger charge is 2.49. The fraction of sp³-hybridized carbons (Fsp3) is 0.536. The second-order valence-electron chi connectivity index (χ2n) is 12.3. The van der Waals surface area contributed by atoms with Crippen LogP contribution >= 0.6 is 11.8 Å². The van der Waals surface area contributed by atoms with Crippen molar-refractivity contribution in [1.82, 2.24) is 30.0 Å². The average molecular weight is 582 g/mol. The summed E-state index contributed by atoms with van der Waals surface area (Å²) in [5.41, 5.74) is 3.05. The number of aryl methyl sites for hydroxylation is 1. The highest BCUT2D eigenvalue weighted by atomic mass is 32.2. The molecule has 0 bridgehead atoms. The molecule has 0 aromatic carbocycles. The van der Waals surface area contributed by atoms with E-state index in [2.05, 4.69) is 62.6 Å². The molecule has 41 heavy (non-hydrogen) atoms. The fourth-order valence-corrected chi connectivity index (χ4v) is 7.07. The smallest absolute Gasteiger partial charge is 0.424 e. The molecule has 13 heteroatoms. The number of nitriles is 1. The van der Waals surface area contributed by atoms with E-state index in [0.29, 0.717) is 21.8 Å². The summed E-state index contributed by atoms with van der Waals surface area (Å²) < 4.78 is 12.5. The Hall–Kier alpha value is -3.92. The number of imide groups is 1. The molecule has 0 radical (unpaired) electrons. The van der Waals surface area contributed by atoms with E-state index < -0.39 is 17.4 Å². The maximum atomic E-state index is 12.2. The van der Waals surface area contributed by atoms with Gasteiger partial charge in [0, 0.05) is 23.2 Å². The summed E-state index contributed by atoms with van der Waals surface area (Å²) >= 11 is 1.28. The third-order valence-corrected chi connectivity index (χ3v) is 8.46. The first-order valence-corrected chi connectivity index (χ1v) is 14.0. The Labute approximate surface area is 242 Å². The van der Waals surface area contributed by atoms with Crippen LogP contribution in [-0.2, 0) is 6.54 Å². The van der Waals surface area contributed by atoms with Crippen molar-refractivity contribution >= 4 is 35.0 Å². The molecule has 3 aromatic heterocycles. The molecular formula is C28H35N7O5S. The summed E-state index contributed by atoms with van der Waals surface area (Å²) in [7, 11) is 1.61. The number of carboxylic acid groups (broad SMARTS) is 1. The Bertz CT molecular complexity index is 1570. The van der Waals surface area contributed by atoms with E-state index >= 15 is 0 Å². The molecular weight excluding hydrogens is 546 g/mol. The van der Waals surface area contributed by atoms with Gasteiger partial charge in [-0.1, -0.05) is 53.3 Å². The van der Waals surface area contributed by atoms with Crippen LogP contribution in [0.3, 0.4) is 0 Å². The highest BCUT2D eigenvalue weighted by Crippen LogP contribution is 2.56. The van der Waals surface area contributed by atoms with Crippen molar-refractivity contribution in [2.24, 2.45) is 16.7 Å². The molecule has 3 atom stereocenters. The van der Waals surface area contributed by atoms with Crippen LogP contribution in [0.4, 0.5) is 9.59 Å². The molecule has 12 nitrogen and oxygen atoms in total. The molecule has 3 aromatic rings. The first-order valence-electron chi connectivity index (χ1n) is 13.1. The molecule has 1 aliphatic heterocycles. The Morgan fingerprint density at radius 3 is 2.41 bits per heavy atom. The summed E-state index contributed by atoms with van der Waals surface area (Å²) in [6.07, 6.45) is -1.08. The third kappa shape index (κ3) is 5.79. The first kappa shape index (κ1) is 30.0. The van der Waals surface area contributed by atoms with Crippen molar-refractivity contribution in [3.8, 4) is 17.8 Å². The van der Waals surface area contributed by atoms with E-state index in [1.165, 1.54) is 11.8 Å². The number of aromatic nitrogens is 5. The van der Waals surface area contributed by atoms with Crippen LogP contribution in [0.2, 0.25) is 0 Å². The fourth-order valence-electron chi connectivity index (χ4n) is 5.62. The number of rotatable bonds is 4. The minimum absolute atomic E-state index is 0.128. The summed E-state index contributed by atoms with van der Waals surface area (Å²) in [4.78, 5) is 36.8. The number of nitrogens with one attached hydrogen (secondary N) is 1. The van der Waals surface area contributed by atoms with E-state index in [1.54, 1.807) is 23.3 Å². The Balaban J connectivity index is 2.01. The zero-order chi connectivity index (χ0) is 30.4. The number of carbonyl (C=O) groups is 2. The Morgan fingerprint density at radius 2 is 1.85 bits per heavy atom. The van der Waals surface area contributed by atoms with Crippen LogP contribution in [0.1, 0.15) is 70.0 Å². The zero-order valence-corrected chi connectivity index (χ0v) is 25.5. The van der Waals surface area contributed by atoms with Gasteiger partial charge in [0.15, 0.2) is 5.65 Å². The SMILES string of the molecule is COc1c(C)cnc(Cn2nc3c4c(nc(OC(=O)NC(=O)O)nc42)SC(C#N)C(C(C)(C)C)C3C(C)(C)C)c1C. The van der Waals surface area contributed by atoms with Gasteiger partial charge in [0.2, 0.25) is 0 Å². The second kappa shape index (κ2) is 10.8. The maximum absolute atomic E-state index is 12.2. The van der Waals surface area contributed by atoms with Crippen LogP contribution in [0, 0.1) is 41.9 Å². The number of methoxy groups -OCH3 is 1. The van der Waals surface area contributed by atoms with Gasteiger partial charge in [0.1, 0.15) is 16.0 Å². The molecule has 0 aliphatic carbocycles. The number of hydrogen-bond donors (Lipinski definition) is 2. The Morgan fingerprint density at radius 1 is 1.17 bits per heavy atom. The van der Waals surface area contributed by atoms with Crippen LogP contribution < -0.4 is 14.8 Å². The minimum Gasteiger partial charge on any atom is -0.496 e. The van der Waals surface area contributed by atoms with Crippen molar-refractivity contribution in [3.63, 3.8) is 0 Å². The highest BCUT2D eigenvalue weighted by molar-refractivity contribution is 8.00. The molecule has 4 heterocycles. The van der Waals surface area contributed by atoms with Gasteiger partial charge in [-0.2, -0.15) is 20.3 Å². The zero-order valence-electron chi connectivity index (χ0n) is 24.7. The summed E-state index contributed by atoms with van der Waals surface area (Å²) in [5.74, 6) is 0.444. The molecule has 4 rings (SSSR count). The van der Waals surface area contributed by atoms with Gasteiger partial charge in [-0.15, -0.1) is 0 Å². The van der Waals surface area contributed by atoms with Gasteiger partial charge >= 0.3 is 18.2 Å². The molecule has 0 fully saturated rings. The topological polar surface area (TPSA) is 165 Å². The minimum atomic E-state index is -1.57. The maximum Gasteiger partial charge on any atom is 0.424 e. The predicted molar refractivity (Wildman–Crippen MR) is 152 cm³/mol. The summed E-state index contributed by atoms with van der Waals surface area (Å²) in [6.45, 7) is 16.8. The van der Waals surface area contributed by atoms with Gasteiger partial charge in [0.25, 0.3) is 0 Å².